The van der Waals surface area contributed by atoms with Crippen LogP contribution in [0.25, 0.3) is 0 Å². The monoisotopic (exact) mass is 303 g/mol. The second-order valence-corrected chi connectivity index (χ2v) is 7.56. The molecule has 0 radical (unpaired) electrons. The largest absolute Gasteiger partial charge is 0.354 e. The molecule has 0 aromatic carbocycles. The second kappa shape index (κ2) is 7.49. The predicted molar refractivity (Wildman–Crippen MR) is 81.4 cm³/mol. The Morgan fingerprint density at radius 3 is 2.79 bits per heavy atom. The van der Waals surface area contributed by atoms with Crippen molar-refractivity contribution in [3.8, 4) is 0 Å². The third-order valence-electron chi connectivity index (χ3n) is 2.57. The van der Waals surface area contributed by atoms with Crippen LogP contribution in [0.2, 0.25) is 0 Å². The lowest BCUT2D eigenvalue weighted by atomic mass is 10.3. The van der Waals surface area contributed by atoms with Gasteiger partial charge in [-0.05, 0) is 35.7 Å². The minimum atomic E-state index is -2.91. The Balaban J connectivity index is 2.35. The van der Waals surface area contributed by atoms with E-state index < -0.39 is 9.84 Å². The Morgan fingerprint density at radius 2 is 2.26 bits per heavy atom. The smallest absolute Gasteiger partial charge is 0.191 e. The molecule has 0 saturated heterocycles. The van der Waals surface area contributed by atoms with E-state index >= 15 is 0 Å². The number of sulfone groups is 1. The fraction of sp³-hybridized carbons (Fsp3) is 0.583. The normalized spacial score (nSPS) is 14.2. The first-order valence-corrected chi connectivity index (χ1v) is 9.07. The van der Waals surface area contributed by atoms with E-state index in [0.29, 0.717) is 18.9 Å². The van der Waals surface area contributed by atoms with Crippen molar-refractivity contribution >= 4 is 27.1 Å². The number of hydrogen-bond donors (Lipinski definition) is 2. The highest BCUT2D eigenvalue weighted by Crippen LogP contribution is 2.04. The zero-order chi connectivity index (χ0) is 14.3. The number of rotatable bonds is 6. The van der Waals surface area contributed by atoms with Gasteiger partial charge in [-0.3, -0.25) is 4.99 Å². The third-order valence-corrected chi connectivity index (χ3v) is 4.28. The van der Waals surface area contributed by atoms with Crippen LogP contribution in [-0.4, -0.2) is 39.5 Å². The van der Waals surface area contributed by atoms with E-state index in [1.165, 1.54) is 11.8 Å². The topological polar surface area (TPSA) is 70.6 Å². The first-order chi connectivity index (χ1) is 8.90. The molecule has 0 aliphatic rings. The van der Waals surface area contributed by atoms with Crippen LogP contribution in [0, 0.1) is 0 Å². The molecular formula is C12H21N3O2S2. The zero-order valence-electron chi connectivity index (χ0n) is 11.5. The maximum atomic E-state index is 11.1. The van der Waals surface area contributed by atoms with Crippen LogP contribution in [0.3, 0.4) is 0 Å². The standard InChI is InChI=1S/C12H21N3O2S2/c1-10(5-7-19(3,16)17)15-12(13-2)14-8-11-4-6-18-9-11/h4,6,9-10H,5,7-8H2,1-3H3,(H2,13,14,15). The molecule has 1 atom stereocenters. The Labute approximate surface area is 119 Å². The molecule has 7 heteroatoms. The molecular weight excluding hydrogens is 282 g/mol. The number of thiophene rings is 1. The van der Waals surface area contributed by atoms with Crippen LogP contribution < -0.4 is 10.6 Å². The van der Waals surface area contributed by atoms with Gasteiger partial charge in [0.2, 0.25) is 0 Å². The van der Waals surface area contributed by atoms with Crippen molar-refractivity contribution in [3.05, 3.63) is 22.4 Å². The van der Waals surface area contributed by atoms with Gasteiger partial charge >= 0.3 is 0 Å². The minimum Gasteiger partial charge on any atom is -0.354 e. The van der Waals surface area contributed by atoms with Gasteiger partial charge in [0.25, 0.3) is 0 Å². The van der Waals surface area contributed by atoms with Gasteiger partial charge in [0.15, 0.2) is 5.96 Å². The Hall–Kier alpha value is -1.08. The second-order valence-electron chi connectivity index (χ2n) is 4.52. The zero-order valence-corrected chi connectivity index (χ0v) is 13.1. The third kappa shape index (κ3) is 7.17. The molecule has 0 saturated carbocycles. The molecule has 0 aliphatic heterocycles. The van der Waals surface area contributed by atoms with Gasteiger partial charge in [0.1, 0.15) is 9.84 Å². The van der Waals surface area contributed by atoms with Crippen LogP contribution in [0.5, 0.6) is 0 Å². The molecule has 0 amide bonds. The Kier molecular flexibility index (Phi) is 6.30. The van der Waals surface area contributed by atoms with Gasteiger partial charge < -0.3 is 10.6 Å². The van der Waals surface area contributed by atoms with Gasteiger partial charge in [-0.15, -0.1) is 0 Å². The fourth-order valence-electron chi connectivity index (χ4n) is 1.47. The van der Waals surface area contributed by atoms with Crippen LogP contribution in [-0.2, 0) is 16.4 Å². The number of nitrogens with one attached hydrogen (secondary N) is 2. The molecule has 0 aliphatic carbocycles. The average Bonchev–Trinajstić information content (AvgIpc) is 2.84. The summed E-state index contributed by atoms with van der Waals surface area (Å²) in [6.45, 7) is 2.66. The maximum absolute atomic E-state index is 11.1. The number of aliphatic imine (C=N–C) groups is 1. The summed E-state index contributed by atoms with van der Waals surface area (Å²) in [7, 11) is -1.21. The summed E-state index contributed by atoms with van der Waals surface area (Å²) < 4.78 is 22.2. The molecule has 0 spiro atoms. The number of guanidine groups is 1. The van der Waals surface area contributed by atoms with Crippen molar-refractivity contribution in [2.75, 3.05) is 19.1 Å². The molecule has 5 nitrogen and oxygen atoms in total. The lowest BCUT2D eigenvalue weighted by Crippen LogP contribution is -2.42. The fourth-order valence-corrected chi connectivity index (χ4v) is 2.92. The lowest BCUT2D eigenvalue weighted by Gasteiger charge is -2.17. The molecule has 0 bridgehead atoms. The quantitative estimate of drug-likeness (QED) is 0.613. The Bertz CT molecular complexity index is 495. The molecule has 1 heterocycles. The first kappa shape index (κ1) is 16.0. The number of nitrogens with zero attached hydrogens (tertiary/aromatic N) is 1. The van der Waals surface area contributed by atoms with E-state index in [0.717, 1.165) is 0 Å². The van der Waals surface area contributed by atoms with Gasteiger partial charge in [-0.25, -0.2) is 8.42 Å². The average molecular weight is 303 g/mol. The summed E-state index contributed by atoms with van der Waals surface area (Å²) in [6, 6.07) is 2.11. The summed E-state index contributed by atoms with van der Waals surface area (Å²) in [5.74, 6) is 0.870. The van der Waals surface area contributed by atoms with Gasteiger partial charge in [0, 0.05) is 25.9 Å². The summed E-state index contributed by atoms with van der Waals surface area (Å²) in [6.07, 6.45) is 1.82. The van der Waals surface area contributed by atoms with E-state index in [2.05, 4.69) is 27.1 Å². The van der Waals surface area contributed by atoms with Crippen molar-refractivity contribution in [1.82, 2.24) is 10.6 Å². The molecule has 1 rings (SSSR count). The maximum Gasteiger partial charge on any atom is 0.191 e. The first-order valence-electron chi connectivity index (χ1n) is 6.06. The van der Waals surface area contributed by atoms with Crippen LogP contribution in [0.4, 0.5) is 0 Å². The van der Waals surface area contributed by atoms with E-state index in [9.17, 15) is 8.42 Å². The minimum absolute atomic E-state index is 0.0587. The molecule has 0 fully saturated rings. The molecule has 2 N–H and O–H groups in total. The highest BCUT2D eigenvalue weighted by molar-refractivity contribution is 7.90. The van der Waals surface area contributed by atoms with Crippen molar-refractivity contribution in [2.24, 2.45) is 4.99 Å². The van der Waals surface area contributed by atoms with E-state index in [-0.39, 0.29) is 11.8 Å². The molecule has 108 valence electrons. The molecule has 19 heavy (non-hydrogen) atoms. The number of hydrogen-bond acceptors (Lipinski definition) is 4. The lowest BCUT2D eigenvalue weighted by molar-refractivity contribution is 0.581. The van der Waals surface area contributed by atoms with Crippen molar-refractivity contribution in [2.45, 2.75) is 25.9 Å². The van der Waals surface area contributed by atoms with Crippen LogP contribution in [0.1, 0.15) is 18.9 Å². The van der Waals surface area contributed by atoms with Crippen molar-refractivity contribution in [1.29, 1.82) is 0 Å². The van der Waals surface area contributed by atoms with Crippen LogP contribution in [0.15, 0.2) is 21.8 Å². The highest BCUT2D eigenvalue weighted by Gasteiger charge is 2.09. The highest BCUT2D eigenvalue weighted by atomic mass is 32.2. The van der Waals surface area contributed by atoms with Gasteiger partial charge in [0.05, 0.1) is 5.75 Å². The summed E-state index contributed by atoms with van der Waals surface area (Å²) in [5.41, 5.74) is 1.21. The predicted octanol–water partition coefficient (Wildman–Crippen LogP) is 1.24. The summed E-state index contributed by atoms with van der Waals surface area (Å²) in [4.78, 5) is 4.12. The van der Waals surface area contributed by atoms with Gasteiger partial charge in [-0.1, -0.05) is 0 Å². The summed E-state index contributed by atoms with van der Waals surface area (Å²) >= 11 is 1.66. The van der Waals surface area contributed by atoms with Crippen LogP contribution >= 0.6 is 11.3 Å². The van der Waals surface area contributed by atoms with Crippen molar-refractivity contribution in [3.63, 3.8) is 0 Å². The van der Waals surface area contributed by atoms with E-state index in [4.69, 9.17) is 0 Å². The molecule has 1 aromatic rings. The van der Waals surface area contributed by atoms with E-state index in [1.54, 1.807) is 18.4 Å². The Morgan fingerprint density at radius 1 is 1.53 bits per heavy atom. The SMILES string of the molecule is CN=C(NCc1ccsc1)NC(C)CCS(C)(=O)=O. The van der Waals surface area contributed by atoms with E-state index in [1.807, 2.05) is 12.3 Å². The molecule has 1 aromatic heterocycles. The van der Waals surface area contributed by atoms with Crippen molar-refractivity contribution < 1.29 is 8.42 Å². The molecule has 1 unspecified atom stereocenters. The summed E-state index contributed by atoms with van der Waals surface area (Å²) in [5, 5.41) is 10.5. The van der Waals surface area contributed by atoms with Gasteiger partial charge in [-0.2, -0.15) is 11.3 Å².